The van der Waals surface area contributed by atoms with E-state index in [4.69, 9.17) is 0 Å². The predicted octanol–water partition coefficient (Wildman–Crippen LogP) is 5.69. The highest BCUT2D eigenvalue weighted by atomic mass is 19.1. The van der Waals surface area contributed by atoms with Gasteiger partial charge in [-0.1, -0.05) is 43.0 Å². The van der Waals surface area contributed by atoms with Crippen molar-refractivity contribution in [3.8, 4) is 23.0 Å². The Kier molecular flexibility index (Phi) is 4.31. The summed E-state index contributed by atoms with van der Waals surface area (Å²) in [5.74, 6) is 4.66. The van der Waals surface area contributed by atoms with Crippen LogP contribution in [0.3, 0.4) is 0 Å². The molecule has 0 aromatic heterocycles. The number of benzene rings is 3. The number of aryl methyl sites for hydroxylation is 3. The van der Waals surface area contributed by atoms with Gasteiger partial charge in [0.1, 0.15) is 11.6 Å². The molecule has 4 rings (SSSR count). The van der Waals surface area contributed by atoms with Crippen LogP contribution >= 0.6 is 0 Å². The molecule has 0 fully saturated rings. The summed E-state index contributed by atoms with van der Waals surface area (Å²) in [6, 6.07) is 16.2. The molecule has 0 spiro atoms. The fraction of sp³-hybridized carbons (Fsp3) is 0.167. The minimum absolute atomic E-state index is 0.345. The fourth-order valence-corrected chi connectivity index (χ4v) is 3.52. The van der Waals surface area contributed by atoms with E-state index in [1.165, 1.54) is 39.9 Å². The lowest BCUT2D eigenvalue weighted by atomic mass is 9.84. The van der Waals surface area contributed by atoms with Crippen LogP contribution in [0.1, 0.15) is 34.7 Å². The Hall–Kier alpha value is -2.92. The van der Waals surface area contributed by atoms with Gasteiger partial charge < -0.3 is 0 Å². The molecule has 0 atom stereocenters. The lowest BCUT2D eigenvalue weighted by Gasteiger charge is -2.20. The summed E-state index contributed by atoms with van der Waals surface area (Å²) < 4.78 is 26.5. The van der Waals surface area contributed by atoms with E-state index >= 15 is 0 Å². The van der Waals surface area contributed by atoms with Gasteiger partial charge in [0.05, 0.1) is 0 Å². The van der Waals surface area contributed by atoms with E-state index in [1.807, 2.05) is 6.07 Å². The molecular weight excluding hydrogens is 326 g/mol. The number of rotatable bonds is 1. The van der Waals surface area contributed by atoms with Crippen molar-refractivity contribution in [2.75, 3.05) is 0 Å². The smallest absolute Gasteiger partial charge is 0.127 e. The zero-order valence-electron chi connectivity index (χ0n) is 14.6. The lowest BCUT2D eigenvalue weighted by molar-refractivity contribution is 0.582. The van der Waals surface area contributed by atoms with Gasteiger partial charge in [0, 0.05) is 17.2 Å². The van der Waals surface area contributed by atoms with Gasteiger partial charge in [0.15, 0.2) is 0 Å². The maximum Gasteiger partial charge on any atom is 0.127 e. The summed E-state index contributed by atoms with van der Waals surface area (Å²) >= 11 is 0. The van der Waals surface area contributed by atoms with Crippen molar-refractivity contribution in [1.82, 2.24) is 0 Å². The molecule has 0 unspecified atom stereocenters. The second-order valence-corrected chi connectivity index (χ2v) is 6.63. The highest BCUT2D eigenvalue weighted by Gasteiger charge is 2.16. The second kappa shape index (κ2) is 6.77. The van der Waals surface area contributed by atoms with Crippen LogP contribution in [0, 0.1) is 23.5 Å². The van der Waals surface area contributed by atoms with Crippen LogP contribution in [0.15, 0.2) is 54.6 Å². The quantitative estimate of drug-likeness (QED) is 0.497. The van der Waals surface area contributed by atoms with Gasteiger partial charge in [-0.3, -0.25) is 0 Å². The molecule has 128 valence electrons. The molecular formula is C24H18F2. The molecule has 0 heterocycles. The summed E-state index contributed by atoms with van der Waals surface area (Å²) in [6.45, 7) is 2.17. The van der Waals surface area contributed by atoms with Crippen LogP contribution < -0.4 is 0 Å². The summed E-state index contributed by atoms with van der Waals surface area (Å²) in [5, 5.41) is 0. The third-order valence-electron chi connectivity index (χ3n) is 4.85. The molecule has 0 bridgehead atoms. The van der Waals surface area contributed by atoms with E-state index in [2.05, 4.69) is 49.1 Å². The van der Waals surface area contributed by atoms with Crippen molar-refractivity contribution in [3.63, 3.8) is 0 Å². The Labute approximate surface area is 152 Å². The van der Waals surface area contributed by atoms with Crippen LogP contribution in [-0.2, 0) is 19.3 Å². The normalized spacial score (nSPS) is 12.0. The van der Waals surface area contributed by atoms with Crippen LogP contribution in [0.5, 0.6) is 0 Å². The first-order chi connectivity index (χ1) is 12.6. The Morgan fingerprint density at radius 1 is 0.731 bits per heavy atom. The Bertz CT molecular complexity index is 1030. The third kappa shape index (κ3) is 3.26. The van der Waals surface area contributed by atoms with Crippen molar-refractivity contribution in [2.24, 2.45) is 0 Å². The van der Waals surface area contributed by atoms with Gasteiger partial charge in [0.25, 0.3) is 0 Å². The fourth-order valence-electron chi connectivity index (χ4n) is 3.52. The minimum Gasteiger partial charge on any atom is -0.207 e. The topological polar surface area (TPSA) is 0 Å². The van der Waals surface area contributed by atoms with Crippen LogP contribution in [-0.4, -0.2) is 0 Å². The zero-order chi connectivity index (χ0) is 18.1. The Morgan fingerprint density at radius 3 is 2.04 bits per heavy atom. The first-order valence-corrected chi connectivity index (χ1v) is 8.85. The van der Waals surface area contributed by atoms with E-state index in [-0.39, 0.29) is 0 Å². The van der Waals surface area contributed by atoms with E-state index in [0.717, 1.165) is 30.9 Å². The van der Waals surface area contributed by atoms with Gasteiger partial charge in [-0.15, -0.1) is 0 Å². The molecule has 1 aliphatic carbocycles. The van der Waals surface area contributed by atoms with E-state index in [0.29, 0.717) is 5.56 Å². The molecule has 0 nitrogen and oxygen atoms in total. The minimum atomic E-state index is -0.609. The Balaban J connectivity index is 1.67. The molecule has 1 aliphatic rings. The molecule has 0 N–H and O–H groups in total. The van der Waals surface area contributed by atoms with Gasteiger partial charge >= 0.3 is 0 Å². The number of halogens is 2. The number of hydrogen-bond donors (Lipinski definition) is 0. The molecule has 0 aliphatic heterocycles. The maximum absolute atomic E-state index is 13.3. The van der Waals surface area contributed by atoms with Crippen molar-refractivity contribution in [1.29, 1.82) is 0 Å². The lowest BCUT2D eigenvalue weighted by Crippen LogP contribution is -2.05. The van der Waals surface area contributed by atoms with Crippen molar-refractivity contribution < 1.29 is 8.78 Å². The number of hydrogen-bond acceptors (Lipinski definition) is 0. The van der Waals surface area contributed by atoms with Crippen molar-refractivity contribution in [2.45, 2.75) is 26.2 Å². The molecule has 2 heteroatoms. The largest absolute Gasteiger partial charge is 0.207 e. The second-order valence-electron chi connectivity index (χ2n) is 6.63. The average molecular weight is 344 g/mol. The summed E-state index contributed by atoms with van der Waals surface area (Å²) in [5.41, 5.74) is 7.83. The highest BCUT2D eigenvalue weighted by Crippen LogP contribution is 2.34. The van der Waals surface area contributed by atoms with Crippen molar-refractivity contribution in [3.05, 3.63) is 94.0 Å². The zero-order valence-corrected chi connectivity index (χ0v) is 14.6. The SMILES string of the molecule is CCc1ccc2c(c1)CCc1cc(C#Cc3cc(F)cc(F)c3)ccc1-2. The maximum atomic E-state index is 13.3. The average Bonchev–Trinajstić information content (AvgIpc) is 2.64. The molecule has 0 saturated carbocycles. The molecule has 26 heavy (non-hydrogen) atoms. The van der Waals surface area contributed by atoms with Gasteiger partial charge in [-0.25, -0.2) is 8.78 Å². The Morgan fingerprint density at radius 2 is 1.35 bits per heavy atom. The van der Waals surface area contributed by atoms with E-state index in [1.54, 1.807) is 0 Å². The first kappa shape index (κ1) is 16.5. The standard InChI is InChI=1S/C24H18F2/c1-2-16-5-9-23-19(11-16)7-8-20-12-17(6-10-24(20)23)3-4-18-13-21(25)15-22(26)14-18/h5-6,9-15H,2,7-8H2,1H3. The van der Waals surface area contributed by atoms with Crippen LogP contribution in [0.4, 0.5) is 8.78 Å². The molecule has 0 saturated heterocycles. The summed E-state index contributed by atoms with van der Waals surface area (Å²) in [7, 11) is 0. The monoisotopic (exact) mass is 344 g/mol. The van der Waals surface area contributed by atoms with Crippen molar-refractivity contribution >= 4 is 0 Å². The first-order valence-electron chi connectivity index (χ1n) is 8.85. The highest BCUT2D eigenvalue weighted by molar-refractivity contribution is 5.74. The molecule has 3 aromatic rings. The van der Waals surface area contributed by atoms with Gasteiger partial charge in [0.2, 0.25) is 0 Å². The third-order valence-corrected chi connectivity index (χ3v) is 4.85. The molecule has 3 aromatic carbocycles. The van der Waals surface area contributed by atoms with E-state index in [9.17, 15) is 8.78 Å². The van der Waals surface area contributed by atoms with Gasteiger partial charge in [-0.05, 0) is 71.3 Å². The number of fused-ring (bicyclic) bond motifs is 3. The molecule has 0 radical (unpaired) electrons. The van der Waals surface area contributed by atoms with Crippen LogP contribution in [0.25, 0.3) is 11.1 Å². The van der Waals surface area contributed by atoms with Crippen LogP contribution in [0.2, 0.25) is 0 Å². The predicted molar refractivity (Wildman–Crippen MR) is 101 cm³/mol. The van der Waals surface area contributed by atoms with E-state index < -0.39 is 11.6 Å². The summed E-state index contributed by atoms with van der Waals surface area (Å²) in [4.78, 5) is 0. The van der Waals surface area contributed by atoms with Gasteiger partial charge in [-0.2, -0.15) is 0 Å². The summed E-state index contributed by atoms with van der Waals surface area (Å²) in [6.07, 6.45) is 3.07. The molecule has 0 amide bonds.